The summed E-state index contributed by atoms with van der Waals surface area (Å²) in [6.07, 6.45) is 1.80. The van der Waals surface area contributed by atoms with E-state index in [0.717, 1.165) is 62.5 Å². The number of aliphatic hydroxyl groups is 1. The molecule has 1 aromatic heterocycles. The molecule has 12 nitrogen and oxygen atoms in total. The zero-order valence-electron chi connectivity index (χ0n) is 42.0. The van der Waals surface area contributed by atoms with Crippen LogP contribution in [0.1, 0.15) is 79.1 Å². The molecule has 2 heterocycles. The van der Waals surface area contributed by atoms with E-state index in [1.165, 1.54) is 21.6 Å². The molecule has 3 atom stereocenters. The van der Waals surface area contributed by atoms with Crippen LogP contribution < -0.4 is 15.4 Å². The largest absolute Gasteiger partial charge is 0.492 e. The molecule has 4 amide bonds. The van der Waals surface area contributed by atoms with Crippen molar-refractivity contribution >= 4 is 46.1 Å². The van der Waals surface area contributed by atoms with Crippen molar-refractivity contribution in [2.24, 2.45) is 5.92 Å². The van der Waals surface area contributed by atoms with Gasteiger partial charge in [0.15, 0.2) is 0 Å². The van der Waals surface area contributed by atoms with Crippen molar-refractivity contribution < 1.29 is 33.8 Å². The predicted molar refractivity (Wildman–Crippen MR) is 285 cm³/mol. The molecule has 1 fully saturated rings. The number of amides is 4. The average Bonchev–Trinajstić information content (AvgIpc) is 4.02. The van der Waals surface area contributed by atoms with Gasteiger partial charge in [-0.05, 0) is 94.3 Å². The number of carbonyl (C=O) groups excluding carboxylic acids is 4. The molecular formula is C59H67N5O7S. The highest BCUT2D eigenvalue weighted by Gasteiger charge is 2.42. The third-order valence-corrected chi connectivity index (χ3v) is 14.0. The van der Waals surface area contributed by atoms with Crippen molar-refractivity contribution in [1.29, 1.82) is 0 Å². The van der Waals surface area contributed by atoms with E-state index in [1.54, 1.807) is 23.3 Å². The second-order valence-electron chi connectivity index (χ2n) is 18.6. The Labute approximate surface area is 428 Å². The molecule has 0 saturated carbocycles. The standard InChI is InChI=1S/C59H67N5O7S/c1-6-51(45-15-9-7-10-16-45)55(46-17-11-8-12-18-46)47-27-29-50(30-28-47)71-33-31-63(5)54(67)34-43-21-19-42(20-22-43)14-13-32-70-38-53(66)62-56(40(2)3)59(69)64-37-49(65)35-52(64)58(68)60-36-44-23-25-48(26-24-44)57-41(4)61-39-72-57/h7-12,15-30,39-40,49,52,56,65H,6,13-14,31-38H2,1-5H3,(H,60,68)(H,62,66)/b55-51-/t49-,52+,56+/m1/s1. The normalized spacial score (nSPS) is 15.2. The lowest BCUT2D eigenvalue weighted by Gasteiger charge is -2.30. The van der Waals surface area contributed by atoms with Crippen molar-refractivity contribution in [2.45, 2.75) is 84.5 Å². The van der Waals surface area contributed by atoms with Crippen LogP contribution in [0.3, 0.4) is 0 Å². The van der Waals surface area contributed by atoms with E-state index in [-0.39, 0.29) is 50.3 Å². The summed E-state index contributed by atoms with van der Waals surface area (Å²) in [6, 6.07) is 43.2. The first-order valence-electron chi connectivity index (χ1n) is 24.9. The van der Waals surface area contributed by atoms with Crippen LogP contribution in [0.5, 0.6) is 5.75 Å². The lowest BCUT2D eigenvalue weighted by atomic mass is 9.88. The number of benzene rings is 5. The summed E-state index contributed by atoms with van der Waals surface area (Å²) >= 11 is 1.58. The summed E-state index contributed by atoms with van der Waals surface area (Å²) in [5, 5.41) is 16.3. The molecule has 0 spiro atoms. The maximum absolute atomic E-state index is 13.8. The van der Waals surface area contributed by atoms with Gasteiger partial charge in [0.05, 0.1) is 35.2 Å². The molecule has 376 valence electrons. The number of aromatic nitrogens is 1. The molecule has 0 aliphatic carbocycles. The molecule has 7 rings (SSSR count). The topological polar surface area (TPSA) is 150 Å². The van der Waals surface area contributed by atoms with Gasteiger partial charge in [-0.2, -0.15) is 0 Å². The highest BCUT2D eigenvalue weighted by atomic mass is 32.1. The predicted octanol–water partition coefficient (Wildman–Crippen LogP) is 8.94. The van der Waals surface area contributed by atoms with Gasteiger partial charge in [0.2, 0.25) is 23.6 Å². The van der Waals surface area contributed by atoms with Crippen LogP contribution in [0.15, 0.2) is 139 Å². The minimum Gasteiger partial charge on any atom is -0.492 e. The molecule has 1 saturated heterocycles. The quantitative estimate of drug-likeness (QED) is 0.0426. The number of allylic oxidation sites excluding steroid dienone is 1. The first-order chi connectivity index (χ1) is 34.9. The fourth-order valence-electron chi connectivity index (χ4n) is 8.98. The van der Waals surface area contributed by atoms with Crippen LogP contribution in [0, 0.1) is 12.8 Å². The van der Waals surface area contributed by atoms with E-state index in [9.17, 15) is 24.3 Å². The Bertz CT molecular complexity index is 2740. The number of nitrogens with zero attached hydrogens (tertiary/aromatic N) is 3. The van der Waals surface area contributed by atoms with Gasteiger partial charge < -0.3 is 35.0 Å². The second-order valence-corrected chi connectivity index (χ2v) is 19.5. The molecule has 1 aliphatic rings. The van der Waals surface area contributed by atoms with Crippen LogP contribution in [-0.4, -0.2) is 102 Å². The van der Waals surface area contributed by atoms with Crippen molar-refractivity contribution in [2.75, 3.05) is 40.0 Å². The van der Waals surface area contributed by atoms with Crippen LogP contribution >= 0.6 is 11.3 Å². The first-order valence-corrected chi connectivity index (χ1v) is 25.8. The van der Waals surface area contributed by atoms with E-state index < -0.39 is 30.0 Å². The molecule has 1 aliphatic heterocycles. The number of carbonyl (C=O) groups is 4. The summed E-state index contributed by atoms with van der Waals surface area (Å²) < 4.78 is 11.8. The highest BCUT2D eigenvalue weighted by Crippen LogP contribution is 2.35. The van der Waals surface area contributed by atoms with E-state index in [0.29, 0.717) is 26.2 Å². The Kier molecular flexibility index (Phi) is 19.1. The van der Waals surface area contributed by atoms with Gasteiger partial charge in [0.1, 0.15) is 31.0 Å². The van der Waals surface area contributed by atoms with Crippen LogP contribution in [-0.2, 0) is 43.3 Å². The number of β-amino-alcohol motifs (C(OH)–C–C–N with tert-alkyl or cyclic N) is 1. The SMILES string of the molecule is CC/C(=C(\c1ccccc1)c1ccc(OCCN(C)C(=O)Cc2ccc(CCCOCC(=O)N[C@H](C(=O)N3C[C@H](O)C[C@H]3C(=O)NCc3ccc(-c4scnc4C)cc3)C(C)C)cc2)cc1)c1ccccc1. The fourth-order valence-corrected chi connectivity index (χ4v) is 9.79. The van der Waals surface area contributed by atoms with Gasteiger partial charge in [-0.1, -0.05) is 142 Å². The lowest BCUT2D eigenvalue weighted by molar-refractivity contribution is -0.143. The van der Waals surface area contributed by atoms with Crippen molar-refractivity contribution in [3.8, 4) is 16.2 Å². The zero-order valence-corrected chi connectivity index (χ0v) is 42.8. The third kappa shape index (κ3) is 14.4. The third-order valence-electron chi connectivity index (χ3n) is 13.0. The van der Waals surface area contributed by atoms with Crippen molar-refractivity contribution in [3.05, 3.63) is 178 Å². The number of thiazole rings is 1. The van der Waals surface area contributed by atoms with Gasteiger partial charge in [-0.3, -0.25) is 19.2 Å². The molecule has 5 aromatic carbocycles. The highest BCUT2D eigenvalue weighted by molar-refractivity contribution is 7.13. The Morgan fingerprint density at radius 1 is 0.819 bits per heavy atom. The zero-order chi connectivity index (χ0) is 51.0. The number of hydrogen-bond acceptors (Lipinski definition) is 9. The second kappa shape index (κ2) is 26.0. The first kappa shape index (κ1) is 52.9. The maximum atomic E-state index is 13.8. The summed E-state index contributed by atoms with van der Waals surface area (Å²) in [7, 11) is 1.79. The maximum Gasteiger partial charge on any atom is 0.246 e. The van der Waals surface area contributed by atoms with E-state index in [1.807, 2.05) is 99.1 Å². The fraction of sp³-hybridized carbons (Fsp3) is 0.339. The van der Waals surface area contributed by atoms with Crippen molar-refractivity contribution in [1.82, 2.24) is 25.4 Å². The van der Waals surface area contributed by atoms with E-state index >= 15 is 0 Å². The molecule has 0 unspecified atom stereocenters. The molecular weight excluding hydrogens is 923 g/mol. The number of aliphatic hydroxyl groups excluding tert-OH is 1. The molecule has 13 heteroatoms. The number of likely N-dealkylation sites (tertiary alicyclic amines) is 1. The van der Waals surface area contributed by atoms with E-state index in [2.05, 4.69) is 83.2 Å². The van der Waals surface area contributed by atoms with Crippen LogP contribution in [0.4, 0.5) is 0 Å². The number of ether oxygens (including phenoxy) is 2. The minimum atomic E-state index is -0.899. The summed E-state index contributed by atoms with van der Waals surface area (Å²) in [5.74, 6) is -0.741. The molecule has 3 N–H and O–H groups in total. The van der Waals surface area contributed by atoms with Gasteiger partial charge >= 0.3 is 0 Å². The van der Waals surface area contributed by atoms with Crippen LogP contribution in [0.2, 0.25) is 0 Å². The number of hydrogen-bond donors (Lipinski definition) is 3. The van der Waals surface area contributed by atoms with Crippen molar-refractivity contribution in [3.63, 3.8) is 0 Å². The lowest BCUT2D eigenvalue weighted by Crippen LogP contribution is -2.55. The van der Waals surface area contributed by atoms with Gasteiger partial charge in [0, 0.05) is 33.2 Å². The van der Waals surface area contributed by atoms with Gasteiger partial charge in [0.25, 0.3) is 0 Å². The Hall–Kier alpha value is -6.93. The Balaban J connectivity index is 0.800. The minimum absolute atomic E-state index is 0.00000457. The summed E-state index contributed by atoms with van der Waals surface area (Å²) in [4.78, 5) is 61.9. The van der Waals surface area contributed by atoms with Gasteiger partial charge in [-0.15, -0.1) is 11.3 Å². The molecule has 0 radical (unpaired) electrons. The van der Waals surface area contributed by atoms with Gasteiger partial charge in [-0.25, -0.2) is 4.98 Å². The number of nitrogens with one attached hydrogen (secondary N) is 2. The molecule has 0 bridgehead atoms. The number of likely N-dealkylation sites (N-methyl/N-ethyl adjacent to an activating group) is 1. The summed E-state index contributed by atoms with van der Waals surface area (Å²) in [5.41, 5.74) is 12.7. The number of aryl methyl sites for hydroxylation is 2. The molecule has 6 aromatic rings. The van der Waals surface area contributed by atoms with Crippen LogP contribution in [0.25, 0.3) is 21.6 Å². The average molecular weight is 990 g/mol. The monoisotopic (exact) mass is 989 g/mol. The Morgan fingerprint density at radius 3 is 2.10 bits per heavy atom. The summed E-state index contributed by atoms with van der Waals surface area (Å²) in [6.45, 7) is 9.00. The smallest absolute Gasteiger partial charge is 0.246 e. The molecule has 72 heavy (non-hydrogen) atoms. The Morgan fingerprint density at radius 2 is 1.46 bits per heavy atom. The number of rotatable bonds is 23. The van der Waals surface area contributed by atoms with E-state index in [4.69, 9.17) is 9.47 Å².